The number of rotatable bonds is 2. The Labute approximate surface area is 76.4 Å². The van der Waals surface area contributed by atoms with Gasteiger partial charge in [0.25, 0.3) is 0 Å². The van der Waals surface area contributed by atoms with E-state index in [1.54, 1.807) is 11.3 Å². The van der Waals surface area contributed by atoms with Crippen molar-refractivity contribution in [2.45, 2.75) is 12.0 Å². The maximum atomic E-state index is 9.92. The predicted molar refractivity (Wildman–Crippen MR) is 50.5 cm³/mol. The zero-order valence-corrected chi connectivity index (χ0v) is 7.97. The van der Waals surface area contributed by atoms with E-state index in [0.29, 0.717) is 0 Å². The molecule has 0 saturated carbocycles. The summed E-state index contributed by atoms with van der Waals surface area (Å²) in [6.45, 7) is 1.62. The molecule has 1 fully saturated rings. The van der Waals surface area contributed by atoms with Crippen LogP contribution in [0.4, 0.5) is 0 Å². The van der Waals surface area contributed by atoms with Crippen LogP contribution in [0.2, 0.25) is 0 Å². The van der Waals surface area contributed by atoms with Gasteiger partial charge in [0.2, 0.25) is 0 Å². The maximum absolute atomic E-state index is 9.92. The highest BCUT2D eigenvalue weighted by Gasteiger charge is 2.38. The first-order valence-corrected chi connectivity index (χ1v) is 5.04. The number of nitrogens with zero attached hydrogens (tertiary/aromatic N) is 1. The number of β-amino-alcohol motifs (C(OH)–C–C–N with tert-alkyl or cyclic N) is 1. The molecule has 0 aromatic carbocycles. The van der Waals surface area contributed by atoms with E-state index >= 15 is 0 Å². The predicted octanol–water partition coefficient (Wildman–Crippen LogP) is 0.967. The fourth-order valence-corrected chi connectivity index (χ4v) is 2.51. The molecular formula is C9H13NOS. The lowest BCUT2D eigenvalue weighted by molar-refractivity contribution is -0.0847. The fourth-order valence-electron chi connectivity index (χ4n) is 1.84. The summed E-state index contributed by atoms with van der Waals surface area (Å²) in [4.78, 5) is 2.13. The number of aliphatic hydroxyl groups is 1. The Morgan fingerprint density at radius 2 is 2.42 bits per heavy atom. The van der Waals surface area contributed by atoms with E-state index in [1.165, 1.54) is 5.56 Å². The Bertz CT molecular complexity index is 252. The first-order valence-electron chi connectivity index (χ1n) is 4.10. The zero-order valence-electron chi connectivity index (χ0n) is 7.16. The molecule has 0 unspecified atom stereocenters. The van der Waals surface area contributed by atoms with Gasteiger partial charge in [-0.3, -0.25) is 0 Å². The van der Waals surface area contributed by atoms with Gasteiger partial charge in [0.05, 0.1) is 5.60 Å². The molecule has 2 rings (SSSR count). The van der Waals surface area contributed by atoms with Crippen LogP contribution in [-0.2, 0) is 6.42 Å². The van der Waals surface area contributed by atoms with Crippen LogP contribution in [0.25, 0.3) is 0 Å². The molecule has 1 saturated heterocycles. The molecule has 1 N–H and O–H groups in total. The molecule has 0 radical (unpaired) electrons. The minimum Gasteiger partial charge on any atom is -0.387 e. The molecule has 1 aliphatic heterocycles. The molecule has 1 aliphatic rings. The number of likely N-dealkylation sites (tertiary alicyclic amines) is 1. The third-order valence-corrected chi connectivity index (χ3v) is 2.97. The molecule has 12 heavy (non-hydrogen) atoms. The Kier molecular flexibility index (Phi) is 1.94. The van der Waals surface area contributed by atoms with Crippen LogP contribution < -0.4 is 0 Å². The van der Waals surface area contributed by atoms with E-state index in [1.807, 2.05) is 7.05 Å². The number of likely N-dealkylation sites (N-methyl/N-ethyl adjacent to an activating group) is 1. The lowest BCUT2D eigenvalue weighted by atomic mass is 9.89. The largest absolute Gasteiger partial charge is 0.387 e. The summed E-state index contributed by atoms with van der Waals surface area (Å²) >= 11 is 1.69. The Morgan fingerprint density at radius 1 is 1.67 bits per heavy atom. The van der Waals surface area contributed by atoms with Crippen molar-refractivity contribution in [3.8, 4) is 0 Å². The highest BCUT2D eigenvalue weighted by Crippen LogP contribution is 2.24. The maximum Gasteiger partial charge on any atom is 0.0940 e. The fraction of sp³-hybridized carbons (Fsp3) is 0.556. The van der Waals surface area contributed by atoms with Gasteiger partial charge in [0, 0.05) is 19.5 Å². The monoisotopic (exact) mass is 183 g/mol. The van der Waals surface area contributed by atoms with Crippen molar-refractivity contribution in [2.75, 3.05) is 20.1 Å². The topological polar surface area (TPSA) is 23.5 Å². The summed E-state index contributed by atoms with van der Waals surface area (Å²) in [5.41, 5.74) is 0.811. The van der Waals surface area contributed by atoms with Crippen LogP contribution in [0.3, 0.4) is 0 Å². The smallest absolute Gasteiger partial charge is 0.0940 e. The van der Waals surface area contributed by atoms with E-state index < -0.39 is 5.60 Å². The van der Waals surface area contributed by atoms with Crippen molar-refractivity contribution in [1.82, 2.24) is 4.90 Å². The van der Waals surface area contributed by atoms with E-state index in [2.05, 4.69) is 21.7 Å². The zero-order chi connectivity index (χ0) is 8.60. The van der Waals surface area contributed by atoms with Crippen molar-refractivity contribution in [3.63, 3.8) is 0 Å². The van der Waals surface area contributed by atoms with Crippen LogP contribution >= 0.6 is 11.3 Å². The summed E-state index contributed by atoms with van der Waals surface area (Å²) in [5, 5.41) is 14.1. The highest BCUT2D eigenvalue weighted by atomic mass is 32.1. The second-order valence-electron chi connectivity index (χ2n) is 3.71. The SMILES string of the molecule is CN1CC(O)(Cc2ccsc2)C1. The standard InChI is InChI=1S/C9H13NOS/c1-10-6-9(11,7-10)4-8-2-3-12-5-8/h2-3,5,11H,4,6-7H2,1H3. The van der Waals surface area contributed by atoms with Gasteiger partial charge in [-0.05, 0) is 29.4 Å². The van der Waals surface area contributed by atoms with Crippen LogP contribution in [0, 0.1) is 0 Å². The third kappa shape index (κ3) is 1.53. The summed E-state index contributed by atoms with van der Waals surface area (Å²) in [6.07, 6.45) is 0.806. The van der Waals surface area contributed by atoms with Gasteiger partial charge in [-0.2, -0.15) is 11.3 Å². The average molecular weight is 183 g/mol. The molecule has 1 aromatic rings. The minimum absolute atomic E-state index is 0.449. The van der Waals surface area contributed by atoms with E-state index in [4.69, 9.17) is 0 Å². The summed E-state index contributed by atoms with van der Waals surface area (Å²) in [5.74, 6) is 0. The number of hydrogen-bond acceptors (Lipinski definition) is 3. The summed E-state index contributed by atoms with van der Waals surface area (Å²) < 4.78 is 0. The van der Waals surface area contributed by atoms with Gasteiger partial charge in [-0.1, -0.05) is 0 Å². The van der Waals surface area contributed by atoms with E-state index in [-0.39, 0.29) is 0 Å². The number of hydrogen-bond donors (Lipinski definition) is 1. The average Bonchev–Trinajstić information content (AvgIpc) is 2.36. The summed E-state index contributed by atoms with van der Waals surface area (Å²) in [7, 11) is 2.03. The lowest BCUT2D eigenvalue weighted by Crippen LogP contribution is -2.61. The first kappa shape index (κ1) is 8.23. The van der Waals surface area contributed by atoms with Crippen LogP contribution in [0.15, 0.2) is 16.8 Å². The molecule has 2 nitrogen and oxygen atoms in total. The number of thiophene rings is 1. The molecule has 0 amide bonds. The van der Waals surface area contributed by atoms with Gasteiger partial charge in [-0.15, -0.1) is 0 Å². The van der Waals surface area contributed by atoms with Crippen molar-refractivity contribution >= 4 is 11.3 Å². The quantitative estimate of drug-likeness (QED) is 0.738. The van der Waals surface area contributed by atoms with Gasteiger partial charge >= 0.3 is 0 Å². The van der Waals surface area contributed by atoms with E-state index in [0.717, 1.165) is 19.5 Å². The molecule has 3 heteroatoms. The molecule has 0 aliphatic carbocycles. The first-order chi connectivity index (χ1) is 5.68. The molecule has 0 atom stereocenters. The second kappa shape index (κ2) is 2.83. The molecular weight excluding hydrogens is 170 g/mol. The molecule has 0 spiro atoms. The van der Waals surface area contributed by atoms with Crippen LogP contribution in [-0.4, -0.2) is 35.7 Å². The normalized spacial score (nSPS) is 22.2. The minimum atomic E-state index is -0.449. The Balaban J connectivity index is 1.96. The molecule has 66 valence electrons. The second-order valence-corrected chi connectivity index (χ2v) is 4.49. The van der Waals surface area contributed by atoms with Gasteiger partial charge < -0.3 is 10.0 Å². The third-order valence-electron chi connectivity index (χ3n) is 2.24. The van der Waals surface area contributed by atoms with Crippen LogP contribution in [0.1, 0.15) is 5.56 Å². The van der Waals surface area contributed by atoms with Crippen molar-refractivity contribution < 1.29 is 5.11 Å². The highest BCUT2D eigenvalue weighted by molar-refractivity contribution is 7.07. The van der Waals surface area contributed by atoms with Gasteiger partial charge in [0.15, 0.2) is 0 Å². The lowest BCUT2D eigenvalue weighted by Gasteiger charge is -2.44. The van der Waals surface area contributed by atoms with Crippen LogP contribution in [0.5, 0.6) is 0 Å². The van der Waals surface area contributed by atoms with Gasteiger partial charge in [-0.25, -0.2) is 0 Å². The molecule has 1 aromatic heterocycles. The molecule has 0 bridgehead atoms. The van der Waals surface area contributed by atoms with Crippen molar-refractivity contribution in [1.29, 1.82) is 0 Å². The van der Waals surface area contributed by atoms with Gasteiger partial charge in [0.1, 0.15) is 0 Å². The Morgan fingerprint density at radius 3 is 2.92 bits per heavy atom. The Hall–Kier alpha value is -0.380. The van der Waals surface area contributed by atoms with Crippen molar-refractivity contribution in [2.24, 2.45) is 0 Å². The van der Waals surface area contributed by atoms with E-state index in [9.17, 15) is 5.11 Å². The van der Waals surface area contributed by atoms with Crippen molar-refractivity contribution in [3.05, 3.63) is 22.4 Å². The summed E-state index contributed by atoms with van der Waals surface area (Å²) in [6, 6.07) is 2.08. The molecule has 2 heterocycles.